The van der Waals surface area contributed by atoms with Gasteiger partial charge in [-0.25, -0.2) is 0 Å². The fourth-order valence-electron chi connectivity index (χ4n) is 0.653. The summed E-state index contributed by atoms with van der Waals surface area (Å²) in [4.78, 5) is 2.68. The normalized spacial score (nSPS) is 10.8. The topological polar surface area (TPSA) is 57.6 Å². The largest absolute Gasteiger partial charge is 0.505 e. The summed E-state index contributed by atoms with van der Waals surface area (Å²) in [6.45, 7) is 4.58. The van der Waals surface area contributed by atoms with Crippen molar-refractivity contribution in [1.82, 2.24) is 0 Å². The van der Waals surface area contributed by atoms with E-state index in [1.807, 2.05) is 0 Å². The van der Waals surface area contributed by atoms with E-state index in [1.165, 1.54) is 0 Å². The van der Waals surface area contributed by atoms with E-state index in [1.54, 1.807) is 6.08 Å². The van der Waals surface area contributed by atoms with Gasteiger partial charge in [-0.3, -0.25) is 0 Å². The smallest absolute Gasteiger partial charge is 0.387 e. The van der Waals surface area contributed by atoms with E-state index in [4.69, 9.17) is 15.2 Å². The third kappa shape index (κ3) is 6.78. The number of rotatable bonds is 6. The van der Waals surface area contributed by atoms with Crippen LogP contribution in [-0.2, 0) is 4.74 Å². The number of hydrogen-bond acceptors (Lipinski definition) is 3. The lowest BCUT2D eigenvalue weighted by atomic mass is 10.3. The van der Waals surface area contributed by atoms with Crippen LogP contribution in [0.25, 0.3) is 4.98 Å². The summed E-state index contributed by atoms with van der Waals surface area (Å²) >= 11 is 0. The van der Waals surface area contributed by atoms with Gasteiger partial charge in [0.15, 0.2) is 10.7 Å². The SMILES string of the molecule is C=CCOCCC/C(O)=C/[N+]#N. The van der Waals surface area contributed by atoms with Crippen molar-refractivity contribution < 1.29 is 9.84 Å². The van der Waals surface area contributed by atoms with Crippen molar-refractivity contribution in [3.63, 3.8) is 0 Å². The van der Waals surface area contributed by atoms with Gasteiger partial charge in [0, 0.05) is 13.0 Å². The van der Waals surface area contributed by atoms with Gasteiger partial charge in [-0.05, 0) is 6.42 Å². The first-order valence-corrected chi connectivity index (χ1v) is 3.72. The molecule has 0 aliphatic carbocycles. The standard InChI is InChI=1S/C8H12N2O2/c1-2-5-12-6-3-4-8(11)7-10-9/h2,7H,1,3-6H2/p+1/b8-7-. The Morgan fingerprint density at radius 2 is 2.42 bits per heavy atom. The molecule has 4 nitrogen and oxygen atoms in total. The Kier molecular flexibility index (Phi) is 6.90. The highest BCUT2D eigenvalue weighted by Gasteiger charge is 1.98. The molecule has 0 saturated carbocycles. The minimum Gasteiger partial charge on any atom is -0.505 e. The molecule has 0 amide bonds. The van der Waals surface area contributed by atoms with Crippen LogP contribution in [-0.4, -0.2) is 18.3 Å². The van der Waals surface area contributed by atoms with Crippen molar-refractivity contribution in [2.75, 3.05) is 13.2 Å². The number of allylic oxidation sites excluding steroid dienone is 1. The molecule has 1 N–H and O–H groups in total. The maximum Gasteiger partial charge on any atom is 0.387 e. The number of aliphatic hydroxyl groups is 1. The maximum atomic E-state index is 8.94. The summed E-state index contributed by atoms with van der Waals surface area (Å²) < 4.78 is 5.06. The van der Waals surface area contributed by atoms with Crippen LogP contribution in [0.4, 0.5) is 0 Å². The van der Waals surface area contributed by atoms with Crippen molar-refractivity contribution in [1.29, 1.82) is 5.39 Å². The molecule has 0 radical (unpaired) electrons. The zero-order valence-electron chi connectivity index (χ0n) is 6.94. The molecule has 12 heavy (non-hydrogen) atoms. The van der Waals surface area contributed by atoms with E-state index in [2.05, 4.69) is 11.6 Å². The molecule has 0 aromatic carbocycles. The van der Waals surface area contributed by atoms with Crippen LogP contribution in [0.3, 0.4) is 0 Å². The summed E-state index contributed by atoms with van der Waals surface area (Å²) in [7, 11) is 0. The predicted molar refractivity (Wildman–Crippen MR) is 46.0 cm³/mol. The minimum absolute atomic E-state index is 0.0553. The van der Waals surface area contributed by atoms with E-state index in [-0.39, 0.29) is 5.76 Å². The third-order valence-corrected chi connectivity index (χ3v) is 1.16. The number of nitrogens with zero attached hydrogens (tertiary/aromatic N) is 2. The van der Waals surface area contributed by atoms with Gasteiger partial charge in [0.2, 0.25) is 5.39 Å². The Morgan fingerprint density at radius 3 is 3.00 bits per heavy atom. The molecule has 0 aliphatic heterocycles. The van der Waals surface area contributed by atoms with Crippen LogP contribution in [0.5, 0.6) is 0 Å². The third-order valence-electron chi connectivity index (χ3n) is 1.16. The van der Waals surface area contributed by atoms with Gasteiger partial charge in [0.1, 0.15) is 0 Å². The Bertz CT molecular complexity index is 194. The van der Waals surface area contributed by atoms with E-state index in [0.29, 0.717) is 26.1 Å². The predicted octanol–water partition coefficient (Wildman–Crippen LogP) is 2.22. The highest BCUT2D eigenvalue weighted by molar-refractivity contribution is 4.95. The van der Waals surface area contributed by atoms with Crippen molar-refractivity contribution in [2.45, 2.75) is 12.8 Å². The molecule has 0 unspecified atom stereocenters. The molecule has 0 aromatic rings. The quantitative estimate of drug-likeness (QED) is 0.287. The zero-order valence-corrected chi connectivity index (χ0v) is 6.94. The van der Waals surface area contributed by atoms with Gasteiger partial charge in [-0.2, -0.15) is 0 Å². The summed E-state index contributed by atoms with van der Waals surface area (Å²) in [5.74, 6) is 0.0553. The van der Waals surface area contributed by atoms with Gasteiger partial charge in [-0.15, -0.1) is 6.58 Å². The van der Waals surface area contributed by atoms with Crippen molar-refractivity contribution in [3.8, 4) is 0 Å². The minimum atomic E-state index is 0.0553. The second-order valence-corrected chi connectivity index (χ2v) is 2.20. The lowest BCUT2D eigenvalue weighted by molar-refractivity contribution is 0.156. The molecule has 66 valence electrons. The van der Waals surface area contributed by atoms with E-state index >= 15 is 0 Å². The van der Waals surface area contributed by atoms with E-state index < -0.39 is 0 Å². The number of hydrogen-bond donors (Lipinski definition) is 1. The first-order valence-electron chi connectivity index (χ1n) is 3.72. The number of diazo groups is 1. The fourth-order valence-corrected chi connectivity index (χ4v) is 0.653. The monoisotopic (exact) mass is 169 g/mol. The molecule has 0 heterocycles. The molecular formula is C8H13N2O2+. The average Bonchev–Trinajstić information content (AvgIpc) is 2.05. The Labute approximate surface area is 71.8 Å². The molecule has 0 bridgehead atoms. The Morgan fingerprint density at radius 1 is 1.67 bits per heavy atom. The first-order chi connectivity index (χ1) is 5.81. The van der Waals surface area contributed by atoms with Gasteiger partial charge in [0.25, 0.3) is 0 Å². The molecule has 0 aliphatic rings. The lowest BCUT2D eigenvalue weighted by Crippen LogP contribution is -1.94. The second kappa shape index (κ2) is 7.76. The fraction of sp³-hybridized carbons (Fsp3) is 0.500. The first kappa shape index (κ1) is 10.7. The Balaban J connectivity index is 3.26. The molecule has 4 heteroatoms. The molecule has 0 atom stereocenters. The highest BCUT2D eigenvalue weighted by Crippen LogP contribution is 2.00. The number of ether oxygens (including phenoxy) is 1. The van der Waals surface area contributed by atoms with Crippen LogP contribution >= 0.6 is 0 Å². The highest BCUT2D eigenvalue weighted by atomic mass is 16.5. The molecular weight excluding hydrogens is 156 g/mol. The van der Waals surface area contributed by atoms with Crippen LogP contribution in [0, 0.1) is 5.39 Å². The molecule has 0 aromatic heterocycles. The average molecular weight is 169 g/mol. The van der Waals surface area contributed by atoms with Gasteiger partial charge < -0.3 is 9.84 Å². The van der Waals surface area contributed by atoms with Crippen LogP contribution in [0.1, 0.15) is 12.8 Å². The van der Waals surface area contributed by atoms with Gasteiger partial charge >= 0.3 is 6.20 Å². The lowest BCUT2D eigenvalue weighted by Gasteiger charge is -1.98. The van der Waals surface area contributed by atoms with Crippen molar-refractivity contribution in [2.24, 2.45) is 0 Å². The summed E-state index contributed by atoms with van der Waals surface area (Å²) in [5.41, 5.74) is 0. The molecule has 0 rings (SSSR count). The zero-order chi connectivity index (χ0) is 9.23. The molecule has 0 fully saturated rings. The number of aliphatic hydroxyl groups excluding tert-OH is 1. The second-order valence-electron chi connectivity index (χ2n) is 2.20. The van der Waals surface area contributed by atoms with Gasteiger partial charge in [-0.1, -0.05) is 6.08 Å². The van der Waals surface area contributed by atoms with Crippen LogP contribution in [0.15, 0.2) is 24.6 Å². The van der Waals surface area contributed by atoms with Gasteiger partial charge in [0.05, 0.1) is 6.61 Å². The van der Waals surface area contributed by atoms with E-state index in [0.717, 1.165) is 6.20 Å². The Hall–Kier alpha value is -1.34. The summed E-state index contributed by atoms with van der Waals surface area (Å²) in [6.07, 6.45) is 3.83. The summed E-state index contributed by atoms with van der Waals surface area (Å²) in [6, 6.07) is 0. The van der Waals surface area contributed by atoms with Crippen molar-refractivity contribution in [3.05, 3.63) is 29.6 Å². The van der Waals surface area contributed by atoms with Crippen molar-refractivity contribution >= 4 is 0 Å². The molecule has 0 spiro atoms. The van der Waals surface area contributed by atoms with Crippen LogP contribution in [0.2, 0.25) is 0 Å². The van der Waals surface area contributed by atoms with E-state index in [9.17, 15) is 0 Å². The van der Waals surface area contributed by atoms with Crippen LogP contribution < -0.4 is 0 Å². The summed E-state index contributed by atoms with van der Waals surface area (Å²) in [5, 5.41) is 17.0. The molecule has 0 saturated heterocycles. The maximum absolute atomic E-state index is 8.94.